The Morgan fingerprint density at radius 1 is 0.944 bits per heavy atom. The first kappa shape index (κ1) is 18.0. The molecular weight excluding hydrogens is 250 g/mol. The molecule has 0 aliphatic heterocycles. The van der Waals surface area contributed by atoms with Gasteiger partial charge < -0.3 is 19.1 Å². The molecule has 0 aromatic rings. The second kappa shape index (κ2) is 9.88. The van der Waals surface area contributed by atoms with Crippen molar-refractivity contribution in [1.29, 1.82) is 0 Å². The molecule has 3 atom stereocenters. The standard InChI is InChI=1S/C12H29NO4Si/c1-6-10(9-18(16-4)17-5)13(11(14)7-2)12(15)8-3/h10-12,14-15,18H,6-9H2,1-5H3. The SMILES string of the molecule is CCC(O)N(C(O)CC)C(CC)C[SiH](OC)OC. The number of hydrogen-bond donors (Lipinski definition) is 2. The lowest BCUT2D eigenvalue weighted by Gasteiger charge is -2.38. The van der Waals surface area contributed by atoms with Gasteiger partial charge in [0.05, 0.1) is 0 Å². The average Bonchev–Trinajstić information content (AvgIpc) is 2.41. The number of aliphatic hydroxyl groups excluding tert-OH is 2. The minimum Gasteiger partial charge on any atom is -0.400 e. The van der Waals surface area contributed by atoms with Gasteiger partial charge in [-0.15, -0.1) is 0 Å². The Balaban J connectivity index is 4.79. The van der Waals surface area contributed by atoms with Crippen LogP contribution in [0.25, 0.3) is 0 Å². The van der Waals surface area contributed by atoms with E-state index in [1.54, 1.807) is 19.1 Å². The quantitative estimate of drug-likeness (QED) is 0.462. The normalized spacial score (nSPS) is 17.2. The van der Waals surface area contributed by atoms with Crippen LogP contribution in [-0.2, 0) is 8.85 Å². The molecule has 0 aliphatic carbocycles. The van der Waals surface area contributed by atoms with E-state index in [1.807, 2.05) is 13.8 Å². The molecule has 0 rings (SSSR count). The van der Waals surface area contributed by atoms with Crippen LogP contribution in [0, 0.1) is 0 Å². The molecule has 5 nitrogen and oxygen atoms in total. The number of rotatable bonds is 10. The second-order valence-electron chi connectivity index (χ2n) is 4.42. The van der Waals surface area contributed by atoms with E-state index < -0.39 is 21.7 Å². The van der Waals surface area contributed by atoms with Gasteiger partial charge in [-0.2, -0.15) is 0 Å². The van der Waals surface area contributed by atoms with Crippen LogP contribution in [-0.4, -0.2) is 57.1 Å². The molecule has 2 N–H and O–H groups in total. The van der Waals surface area contributed by atoms with E-state index in [2.05, 4.69) is 6.92 Å². The van der Waals surface area contributed by atoms with Crippen molar-refractivity contribution in [3.63, 3.8) is 0 Å². The molecule has 6 heteroatoms. The summed E-state index contributed by atoms with van der Waals surface area (Å²) in [6.45, 7) is 5.88. The summed E-state index contributed by atoms with van der Waals surface area (Å²) in [5.41, 5.74) is 0. The molecule has 0 aromatic heterocycles. The van der Waals surface area contributed by atoms with Gasteiger partial charge in [0, 0.05) is 26.3 Å². The van der Waals surface area contributed by atoms with E-state index in [-0.39, 0.29) is 6.04 Å². The van der Waals surface area contributed by atoms with E-state index in [0.29, 0.717) is 12.8 Å². The van der Waals surface area contributed by atoms with Crippen molar-refractivity contribution in [2.24, 2.45) is 0 Å². The fourth-order valence-electron chi connectivity index (χ4n) is 2.12. The van der Waals surface area contributed by atoms with Crippen LogP contribution in [0.1, 0.15) is 40.0 Å². The molecule has 0 fully saturated rings. The Kier molecular flexibility index (Phi) is 9.89. The highest BCUT2D eigenvalue weighted by Gasteiger charge is 2.30. The highest BCUT2D eigenvalue weighted by molar-refractivity contribution is 6.44. The third-order valence-electron chi connectivity index (χ3n) is 3.30. The van der Waals surface area contributed by atoms with E-state index in [1.165, 1.54) is 0 Å². The van der Waals surface area contributed by atoms with Gasteiger partial charge >= 0.3 is 9.28 Å². The lowest BCUT2D eigenvalue weighted by Crippen LogP contribution is -2.50. The van der Waals surface area contributed by atoms with Crippen LogP contribution in [0.2, 0.25) is 6.04 Å². The van der Waals surface area contributed by atoms with Gasteiger partial charge in [-0.25, -0.2) is 4.90 Å². The molecule has 0 heterocycles. The third-order valence-corrected chi connectivity index (χ3v) is 5.28. The zero-order valence-electron chi connectivity index (χ0n) is 12.3. The first-order chi connectivity index (χ1) is 8.55. The minimum absolute atomic E-state index is 0.0893. The summed E-state index contributed by atoms with van der Waals surface area (Å²) in [6, 6.07) is 0.851. The van der Waals surface area contributed by atoms with Crippen molar-refractivity contribution >= 4 is 9.28 Å². The van der Waals surface area contributed by atoms with Crippen molar-refractivity contribution in [2.75, 3.05) is 14.2 Å². The maximum atomic E-state index is 10.1. The Morgan fingerprint density at radius 2 is 1.39 bits per heavy atom. The van der Waals surface area contributed by atoms with Gasteiger partial charge in [0.2, 0.25) is 0 Å². The molecule has 0 aliphatic rings. The minimum atomic E-state index is -1.69. The predicted octanol–water partition coefficient (Wildman–Crippen LogP) is 1.04. The highest BCUT2D eigenvalue weighted by atomic mass is 28.3. The van der Waals surface area contributed by atoms with Crippen molar-refractivity contribution in [3.8, 4) is 0 Å². The lowest BCUT2D eigenvalue weighted by molar-refractivity contribution is -0.125. The number of nitrogens with zero attached hydrogens (tertiary/aromatic N) is 1. The monoisotopic (exact) mass is 279 g/mol. The summed E-state index contributed by atoms with van der Waals surface area (Å²) >= 11 is 0. The largest absolute Gasteiger partial charge is 0.400 e. The summed E-state index contributed by atoms with van der Waals surface area (Å²) in [5, 5.41) is 20.2. The Morgan fingerprint density at radius 3 is 1.67 bits per heavy atom. The summed E-state index contributed by atoms with van der Waals surface area (Å²) in [5.74, 6) is 0. The van der Waals surface area contributed by atoms with Crippen LogP contribution in [0.5, 0.6) is 0 Å². The fraction of sp³-hybridized carbons (Fsp3) is 1.00. The molecule has 0 amide bonds. The van der Waals surface area contributed by atoms with Gasteiger partial charge in [-0.1, -0.05) is 20.8 Å². The zero-order chi connectivity index (χ0) is 14.1. The van der Waals surface area contributed by atoms with E-state index >= 15 is 0 Å². The highest BCUT2D eigenvalue weighted by Crippen LogP contribution is 2.20. The second-order valence-corrected chi connectivity index (χ2v) is 6.70. The van der Waals surface area contributed by atoms with Gasteiger partial charge in [0.1, 0.15) is 12.5 Å². The number of hydrogen-bond acceptors (Lipinski definition) is 5. The lowest BCUT2D eigenvalue weighted by atomic mass is 10.1. The van der Waals surface area contributed by atoms with E-state index in [4.69, 9.17) is 8.85 Å². The summed E-state index contributed by atoms with van der Waals surface area (Å²) in [4.78, 5) is 1.79. The maximum Gasteiger partial charge on any atom is 0.322 e. The van der Waals surface area contributed by atoms with Gasteiger partial charge in [-0.05, 0) is 19.3 Å². The van der Waals surface area contributed by atoms with Crippen molar-refractivity contribution in [2.45, 2.75) is 64.6 Å². The molecule has 0 radical (unpaired) electrons. The fourth-order valence-corrected chi connectivity index (χ4v) is 3.72. The molecule has 3 unspecified atom stereocenters. The summed E-state index contributed by atoms with van der Waals surface area (Å²) in [7, 11) is 1.62. The smallest absolute Gasteiger partial charge is 0.322 e. The van der Waals surface area contributed by atoms with Crippen molar-refractivity contribution in [1.82, 2.24) is 4.90 Å². The molecule has 110 valence electrons. The number of aliphatic hydroxyl groups is 2. The molecule has 0 aromatic carbocycles. The van der Waals surface area contributed by atoms with Crippen LogP contribution < -0.4 is 0 Å². The van der Waals surface area contributed by atoms with Gasteiger partial charge in [-0.3, -0.25) is 0 Å². The van der Waals surface area contributed by atoms with Crippen molar-refractivity contribution < 1.29 is 19.1 Å². The maximum absolute atomic E-state index is 10.1. The molecule has 0 bridgehead atoms. The van der Waals surface area contributed by atoms with Crippen LogP contribution in [0.3, 0.4) is 0 Å². The third kappa shape index (κ3) is 5.34. The van der Waals surface area contributed by atoms with Crippen LogP contribution >= 0.6 is 0 Å². The van der Waals surface area contributed by atoms with E-state index in [9.17, 15) is 10.2 Å². The predicted molar refractivity (Wildman–Crippen MR) is 74.5 cm³/mol. The molecule has 18 heavy (non-hydrogen) atoms. The molecular formula is C12H29NO4Si. The topological polar surface area (TPSA) is 62.2 Å². The first-order valence-corrected chi connectivity index (χ1v) is 8.50. The Labute approximate surface area is 113 Å². The van der Waals surface area contributed by atoms with Crippen LogP contribution in [0.4, 0.5) is 0 Å². The molecule has 0 saturated carbocycles. The molecule has 0 spiro atoms. The summed E-state index contributed by atoms with van der Waals surface area (Å²) in [6.07, 6.45) is 0.811. The first-order valence-electron chi connectivity index (χ1n) is 6.74. The van der Waals surface area contributed by atoms with E-state index in [0.717, 1.165) is 12.5 Å². The zero-order valence-corrected chi connectivity index (χ0v) is 13.5. The Bertz CT molecular complexity index is 195. The van der Waals surface area contributed by atoms with Gasteiger partial charge in [0.25, 0.3) is 0 Å². The summed E-state index contributed by atoms with van der Waals surface area (Å²) < 4.78 is 10.7. The van der Waals surface area contributed by atoms with Crippen LogP contribution in [0.15, 0.2) is 0 Å². The Hall–Kier alpha value is 0.0169. The molecule has 0 saturated heterocycles. The average molecular weight is 279 g/mol. The van der Waals surface area contributed by atoms with Crippen molar-refractivity contribution in [3.05, 3.63) is 0 Å². The van der Waals surface area contributed by atoms with Gasteiger partial charge in [0.15, 0.2) is 0 Å².